The summed E-state index contributed by atoms with van der Waals surface area (Å²) >= 11 is 0. The first-order chi connectivity index (χ1) is 8.86. The molecule has 1 rings (SSSR count). The van der Waals surface area contributed by atoms with E-state index in [1.165, 1.54) is 7.11 Å². The summed E-state index contributed by atoms with van der Waals surface area (Å²) in [6, 6.07) is 1.15. The standard InChI is InChI=1S/C14H18O5/c1-8(2)4-5-9-11(15)7-12(16)10(6-13(17)18)14(9)19-3/h4,7,15-16H,5-6H2,1-3H3,(H,17,18). The molecule has 0 aromatic heterocycles. The molecule has 0 unspecified atom stereocenters. The molecule has 104 valence electrons. The van der Waals surface area contributed by atoms with Gasteiger partial charge in [-0.2, -0.15) is 0 Å². The van der Waals surface area contributed by atoms with Gasteiger partial charge in [0.2, 0.25) is 0 Å². The highest BCUT2D eigenvalue weighted by atomic mass is 16.5. The molecule has 0 radical (unpaired) electrons. The van der Waals surface area contributed by atoms with E-state index in [1.54, 1.807) is 0 Å². The van der Waals surface area contributed by atoms with Gasteiger partial charge in [-0.25, -0.2) is 0 Å². The van der Waals surface area contributed by atoms with Crippen molar-refractivity contribution in [2.75, 3.05) is 7.11 Å². The summed E-state index contributed by atoms with van der Waals surface area (Å²) in [5, 5.41) is 28.4. The molecule has 0 atom stereocenters. The zero-order valence-corrected chi connectivity index (χ0v) is 11.2. The fourth-order valence-corrected chi connectivity index (χ4v) is 1.79. The number of phenols is 2. The van der Waals surface area contributed by atoms with Crippen molar-refractivity contribution in [3.05, 3.63) is 28.8 Å². The Morgan fingerprint density at radius 2 is 1.84 bits per heavy atom. The Kier molecular flexibility index (Phi) is 4.80. The van der Waals surface area contributed by atoms with Crippen LogP contribution in [0.15, 0.2) is 17.7 Å². The number of allylic oxidation sites excluding steroid dienone is 2. The average molecular weight is 266 g/mol. The lowest BCUT2D eigenvalue weighted by Gasteiger charge is -2.15. The Bertz CT molecular complexity index is 513. The second kappa shape index (κ2) is 6.13. The van der Waals surface area contributed by atoms with Gasteiger partial charge >= 0.3 is 5.97 Å². The van der Waals surface area contributed by atoms with Crippen molar-refractivity contribution in [2.24, 2.45) is 0 Å². The molecule has 0 saturated carbocycles. The minimum Gasteiger partial charge on any atom is -0.507 e. The number of benzene rings is 1. The summed E-state index contributed by atoms with van der Waals surface area (Å²) in [5.41, 5.74) is 1.71. The van der Waals surface area contributed by atoms with E-state index in [-0.39, 0.29) is 29.2 Å². The van der Waals surface area contributed by atoms with E-state index in [4.69, 9.17) is 9.84 Å². The number of phenolic OH excluding ortho intramolecular Hbond substituents is 2. The fourth-order valence-electron chi connectivity index (χ4n) is 1.79. The molecule has 0 heterocycles. The molecule has 1 aromatic carbocycles. The molecule has 0 spiro atoms. The maximum absolute atomic E-state index is 10.8. The average Bonchev–Trinajstić information content (AvgIpc) is 2.30. The Morgan fingerprint density at radius 3 is 2.32 bits per heavy atom. The maximum atomic E-state index is 10.8. The third-order valence-electron chi connectivity index (χ3n) is 2.69. The van der Waals surface area contributed by atoms with E-state index in [9.17, 15) is 15.0 Å². The molecule has 0 aliphatic carbocycles. The van der Waals surface area contributed by atoms with Crippen molar-refractivity contribution in [1.82, 2.24) is 0 Å². The second-order valence-corrected chi connectivity index (χ2v) is 4.46. The van der Waals surface area contributed by atoms with Gasteiger partial charge in [-0.1, -0.05) is 11.6 Å². The number of aliphatic carboxylic acids is 1. The molecule has 0 amide bonds. The molecule has 0 fully saturated rings. The van der Waals surface area contributed by atoms with Crippen molar-refractivity contribution in [3.63, 3.8) is 0 Å². The van der Waals surface area contributed by atoms with E-state index in [2.05, 4.69) is 0 Å². The van der Waals surface area contributed by atoms with E-state index >= 15 is 0 Å². The number of carbonyl (C=O) groups is 1. The van der Waals surface area contributed by atoms with Crippen molar-refractivity contribution in [3.8, 4) is 17.2 Å². The third kappa shape index (κ3) is 3.64. The van der Waals surface area contributed by atoms with Gasteiger partial charge in [0, 0.05) is 17.2 Å². The second-order valence-electron chi connectivity index (χ2n) is 4.46. The number of carboxylic acids is 1. The fraction of sp³-hybridized carbons (Fsp3) is 0.357. The predicted molar refractivity (Wildman–Crippen MR) is 70.8 cm³/mol. The summed E-state index contributed by atoms with van der Waals surface area (Å²) in [6.07, 6.45) is 1.93. The quantitative estimate of drug-likeness (QED) is 0.711. The number of methoxy groups -OCH3 is 1. The van der Waals surface area contributed by atoms with Crippen LogP contribution < -0.4 is 4.74 Å². The summed E-state index contributed by atoms with van der Waals surface area (Å²) in [7, 11) is 1.38. The molecule has 0 aliphatic rings. The Labute approximate surface area is 111 Å². The van der Waals surface area contributed by atoms with Gasteiger partial charge in [-0.15, -0.1) is 0 Å². The number of hydrogen-bond donors (Lipinski definition) is 3. The number of aromatic hydroxyl groups is 2. The number of rotatable bonds is 5. The van der Waals surface area contributed by atoms with Gasteiger partial charge in [-0.05, 0) is 20.3 Å². The molecule has 0 saturated heterocycles. The van der Waals surface area contributed by atoms with Gasteiger partial charge in [0.15, 0.2) is 0 Å². The van der Waals surface area contributed by atoms with Crippen LogP contribution in [0.3, 0.4) is 0 Å². The number of ether oxygens (including phenoxy) is 1. The Morgan fingerprint density at radius 1 is 1.26 bits per heavy atom. The zero-order chi connectivity index (χ0) is 14.6. The van der Waals surface area contributed by atoms with Gasteiger partial charge in [0.1, 0.15) is 17.2 Å². The Balaban J connectivity index is 3.36. The van der Waals surface area contributed by atoms with Gasteiger partial charge in [0.25, 0.3) is 0 Å². The van der Waals surface area contributed by atoms with E-state index in [1.807, 2.05) is 19.9 Å². The van der Waals surface area contributed by atoms with Crippen LogP contribution in [0.5, 0.6) is 17.2 Å². The van der Waals surface area contributed by atoms with Gasteiger partial charge in [0.05, 0.1) is 13.5 Å². The summed E-state index contributed by atoms with van der Waals surface area (Å²) < 4.78 is 5.16. The van der Waals surface area contributed by atoms with Gasteiger partial charge in [-0.3, -0.25) is 4.79 Å². The number of carboxylic acid groups (broad SMARTS) is 1. The monoisotopic (exact) mass is 266 g/mol. The highest BCUT2D eigenvalue weighted by Crippen LogP contribution is 2.39. The van der Waals surface area contributed by atoms with E-state index in [0.29, 0.717) is 12.0 Å². The lowest BCUT2D eigenvalue weighted by atomic mass is 10.0. The largest absolute Gasteiger partial charge is 0.507 e. The SMILES string of the molecule is COc1c(CC=C(C)C)c(O)cc(O)c1CC(=O)O. The van der Waals surface area contributed by atoms with Crippen LogP contribution in [0.25, 0.3) is 0 Å². The first kappa shape index (κ1) is 14.9. The molecule has 3 N–H and O–H groups in total. The van der Waals surface area contributed by atoms with Gasteiger partial charge < -0.3 is 20.1 Å². The van der Waals surface area contributed by atoms with Crippen LogP contribution in [-0.2, 0) is 17.6 Å². The molecule has 5 nitrogen and oxygen atoms in total. The van der Waals surface area contributed by atoms with Crippen LogP contribution >= 0.6 is 0 Å². The lowest BCUT2D eigenvalue weighted by molar-refractivity contribution is -0.136. The minimum absolute atomic E-state index is 0.110. The van der Waals surface area contributed by atoms with E-state index < -0.39 is 5.97 Å². The first-order valence-corrected chi connectivity index (χ1v) is 5.82. The van der Waals surface area contributed by atoms with Crippen LogP contribution in [0.1, 0.15) is 25.0 Å². The van der Waals surface area contributed by atoms with Crippen molar-refractivity contribution < 1.29 is 24.9 Å². The zero-order valence-electron chi connectivity index (χ0n) is 11.2. The summed E-state index contributed by atoms with van der Waals surface area (Å²) in [5.74, 6) is -1.25. The van der Waals surface area contributed by atoms with Crippen molar-refractivity contribution in [2.45, 2.75) is 26.7 Å². The lowest BCUT2D eigenvalue weighted by Crippen LogP contribution is -2.05. The Hall–Kier alpha value is -2.17. The highest BCUT2D eigenvalue weighted by Gasteiger charge is 2.19. The smallest absolute Gasteiger partial charge is 0.308 e. The molecule has 19 heavy (non-hydrogen) atoms. The first-order valence-electron chi connectivity index (χ1n) is 5.82. The molecule has 0 aliphatic heterocycles. The molecular weight excluding hydrogens is 248 g/mol. The highest BCUT2D eigenvalue weighted by molar-refractivity contribution is 5.74. The normalized spacial score (nSPS) is 10.1. The summed E-state index contributed by atoms with van der Waals surface area (Å²) in [6.45, 7) is 3.84. The van der Waals surface area contributed by atoms with Crippen molar-refractivity contribution >= 4 is 5.97 Å². The molecular formula is C14H18O5. The van der Waals surface area contributed by atoms with Crippen LogP contribution in [0.2, 0.25) is 0 Å². The number of hydrogen-bond acceptors (Lipinski definition) is 4. The molecule has 5 heteroatoms. The summed E-state index contributed by atoms with van der Waals surface area (Å²) in [4.78, 5) is 10.8. The molecule has 0 bridgehead atoms. The third-order valence-corrected chi connectivity index (χ3v) is 2.69. The van der Waals surface area contributed by atoms with Crippen LogP contribution in [-0.4, -0.2) is 28.4 Å². The van der Waals surface area contributed by atoms with E-state index in [0.717, 1.165) is 11.6 Å². The van der Waals surface area contributed by atoms with Crippen LogP contribution in [0.4, 0.5) is 0 Å². The maximum Gasteiger partial charge on any atom is 0.308 e. The topological polar surface area (TPSA) is 87.0 Å². The van der Waals surface area contributed by atoms with Crippen LogP contribution in [0, 0.1) is 0 Å². The predicted octanol–water partition coefficient (Wildman–Crippen LogP) is 2.24. The van der Waals surface area contributed by atoms with Crippen molar-refractivity contribution in [1.29, 1.82) is 0 Å². The minimum atomic E-state index is -1.08. The molecule has 1 aromatic rings.